The minimum atomic E-state index is -0.529. The first-order valence-corrected chi connectivity index (χ1v) is 9.40. The number of nitrogens with two attached hydrogens (primary N) is 2. The van der Waals surface area contributed by atoms with Gasteiger partial charge in [-0.3, -0.25) is 20.9 Å². The molecule has 0 aliphatic heterocycles. The zero-order valence-corrected chi connectivity index (χ0v) is 15.5. The summed E-state index contributed by atoms with van der Waals surface area (Å²) in [7, 11) is 0. The zero-order chi connectivity index (χ0) is 20.0. The van der Waals surface area contributed by atoms with Crippen LogP contribution in [0.3, 0.4) is 0 Å². The standard InChI is InChI=1S/C16H16FN5O3S2/c17-11-1-3-13(9(5-11)7-26-15(18)19)25-14-4-2-12(22(23)24)6-10(14)8-27-16(20)21/h1-6H,7-8H2,(H3,18,19)(H3,20,21). The van der Waals surface area contributed by atoms with Crippen LogP contribution in [0.2, 0.25) is 0 Å². The van der Waals surface area contributed by atoms with Gasteiger partial charge in [0, 0.05) is 34.8 Å². The van der Waals surface area contributed by atoms with Crippen molar-refractivity contribution < 1.29 is 14.1 Å². The molecular formula is C16H16FN5O3S2. The van der Waals surface area contributed by atoms with Gasteiger partial charge < -0.3 is 16.2 Å². The molecule has 0 heterocycles. The molecule has 0 aliphatic carbocycles. The molecule has 2 rings (SSSR count). The van der Waals surface area contributed by atoms with Crippen molar-refractivity contribution in [1.82, 2.24) is 0 Å². The van der Waals surface area contributed by atoms with Crippen molar-refractivity contribution in [3.63, 3.8) is 0 Å². The number of non-ortho nitro benzene ring substituents is 1. The van der Waals surface area contributed by atoms with Crippen molar-refractivity contribution in [1.29, 1.82) is 10.8 Å². The van der Waals surface area contributed by atoms with Gasteiger partial charge in [-0.1, -0.05) is 23.5 Å². The van der Waals surface area contributed by atoms with E-state index in [1.807, 2.05) is 0 Å². The molecule has 142 valence electrons. The number of halogens is 1. The molecule has 0 bridgehead atoms. The number of hydrogen-bond acceptors (Lipinski definition) is 7. The van der Waals surface area contributed by atoms with Crippen molar-refractivity contribution in [2.45, 2.75) is 11.5 Å². The highest BCUT2D eigenvalue weighted by Gasteiger charge is 2.15. The van der Waals surface area contributed by atoms with E-state index in [9.17, 15) is 14.5 Å². The van der Waals surface area contributed by atoms with E-state index in [2.05, 4.69) is 0 Å². The van der Waals surface area contributed by atoms with E-state index in [0.29, 0.717) is 22.6 Å². The van der Waals surface area contributed by atoms with Gasteiger partial charge in [-0.25, -0.2) is 4.39 Å². The lowest BCUT2D eigenvalue weighted by atomic mass is 10.2. The molecule has 2 aromatic carbocycles. The van der Waals surface area contributed by atoms with Gasteiger partial charge in [-0.15, -0.1) is 0 Å². The van der Waals surface area contributed by atoms with Crippen LogP contribution >= 0.6 is 23.5 Å². The number of nitro groups is 1. The fourth-order valence-electron chi connectivity index (χ4n) is 2.08. The smallest absolute Gasteiger partial charge is 0.270 e. The Balaban J connectivity index is 2.36. The second-order valence-corrected chi connectivity index (χ2v) is 7.24. The van der Waals surface area contributed by atoms with Gasteiger partial charge in [0.25, 0.3) is 5.69 Å². The Hall–Kier alpha value is -2.79. The van der Waals surface area contributed by atoms with Gasteiger partial charge in [0.2, 0.25) is 0 Å². The van der Waals surface area contributed by atoms with Crippen LogP contribution in [0, 0.1) is 26.8 Å². The summed E-state index contributed by atoms with van der Waals surface area (Å²) in [6.07, 6.45) is 0. The van der Waals surface area contributed by atoms with E-state index in [1.165, 1.54) is 36.4 Å². The maximum Gasteiger partial charge on any atom is 0.270 e. The maximum absolute atomic E-state index is 13.6. The van der Waals surface area contributed by atoms with Crippen LogP contribution in [-0.4, -0.2) is 15.3 Å². The van der Waals surface area contributed by atoms with Crippen molar-refractivity contribution in [3.05, 3.63) is 63.5 Å². The first-order valence-electron chi connectivity index (χ1n) is 7.43. The van der Waals surface area contributed by atoms with Gasteiger partial charge >= 0.3 is 0 Å². The van der Waals surface area contributed by atoms with Crippen molar-refractivity contribution in [3.8, 4) is 11.5 Å². The Morgan fingerprint density at radius 3 is 2.07 bits per heavy atom. The highest BCUT2D eigenvalue weighted by molar-refractivity contribution is 8.13. The first kappa shape index (κ1) is 20.5. The van der Waals surface area contributed by atoms with Crippen LogP contribution in [0.1, 0.15) is 11.1 Å². The molecule has 6 N–H and O–H groups in total. The fraction of sp³-hybridized carbons (Fsp3) is 0.125. The largest absolute Gasteiger partial charge is 0.457 e. The summed E-state index contributed by atoms with van der Waals surface area (Å²) in [5, 5.41) is 25.4. The molecule has 0 aliphatic rings. The third kappa shape index (κ3) is 6.15. The molecule has 0 saturated heterocycles. The highest BCUT2D eigenvalue weighted by atomic mass is 32.2. The second kappa shape index (κ2) is 9.24. The number of hydrogen-bond donors (Lipinski definition) is 4. The quantitative estimate of drug-likeness (QED) is 0.235. The number of ether oxygens (including phenoxy) is 1. The topological polar surface area (TPSA) is 152 Å². The molecule has 0 spiro atoms. The summed E-state index contributed by atoms with van der Waals surface area (Å²) in [5.74, 6) is 0.638. The first-order chi connectivity index (χ1) is 12.8. The number of nitrogens with one attached hydrogen (secondary N) is 2. The van der Waals surface area contributed by atoms with Crippen molar-refractivity contribution in [2.75, 3.05) is 0 Å². The Bertz CT molecular complexity index is 894. The van der Waals surface area contributed by atoms with Gasteiger partial charge in [0.15, 0.2) is 10.3 Å². The van der Waals surface area contributed by atoms with E-state index in [4.69, 9.17) is 27.0 Å². The lowest BCUT2D eigenvalue weighted by molar-refractivity contribution is -0.384. The van der Waals surface area contributed by atoms with Crippen LogP contribution in [-0.2, 0) is 11.5 Å². The maximum atomic E-state index is 13.6. The Labute approximate surface area is 162 Å². The SMILES string of the molecule is N=C(N)SCc1cc(F)ccc1Oc1ccc([N+](=O)[O-])cc1CSC(=N)N. The molecule has 11 heteroatoms. The molecule has 27 heavy (non-hydrogen) atoms. The number of nitro benzene ring substituents is 1. The molecule has 0 saturated carbocycles. The van der Waals surface area contributed by atoms with Gasteiger partial charge in [-0.05, 0) is 24.3 Å². The molecular weight excluding hydrogens is 393 g/mol. The second-order valence-electron chi connectivity index (χ2n) is 5.21. The van der Waals surface area contributed by atoms with E-state index in [1.54, 1.807) is 0 Å². The number of nitrogens with zero attached hydrogens (tertiary/aromatic N) is 1. The Morgan fingerprint density at radius 2 is 1.56 bits per heavy atom. The minimum Gasteiger partial charge on any atom is -0.457 e. The van der Waals surface area contributed by atoms with Crippen molar-refractivity contribution >= 4 is 39.5 Å². The molecule has 0 radical (unpaired) electrons. The predicted molar refractivity (Wildman–Crippen MR) is 106 cm³/mol. The molecule has 0 amide bonds. The lowest BCUT2D eigenvalue weighted by Gasteiger charge is -2.14. The van der Waals surface area contributed by atoms with Gasteiger partial charge in [-0.2, -0.15) is 0 Å². The summed E-state index contributed by atoms with van der Waals surface area (Å²) >= 11 is 2.02. The van der Waals surface area contributed by atoms with E-state index in [-0.39, 0.29) is 27.5 Å². The third-order valence-corrected chi connectivity index (χ3v) is 4.80. The van der Waals surface area contributed by atoms with E-state index < -0.39 is 10.7 Å². The average Bonchev–Trinajstić information content (AvgIpc) is 2.60. The molecule has 0 atom stereocenters. The predicted octanol–water partition coefficient (Wildman–Crippen LogP) is 3.78. The highest BCUT2D eigenvalue weighted by Crippen LogP contribution is 2.34. The van der Waals surface area contributed by atoms with Crippen LogP contribution in [0.4, 0.5) is 10.1 Å². The molecule has 0 fully saturated rings. The van der Waals surface area contributed by atoms with Crippen LogP contribution in [0.25, 0.3) is 0 Å². The van der Waals surface area contributed by atoms with E-state index >= 15 is 0 Å². The number of rotatable bonds is 7. The fourth-order valence-corrected chi connectivity index (χ4v) is 3.15. The number of amidine groups is 2. The summed E-state index contributed by atoms with van der Waals surface area (Å²) in [6.45, 7) is 0. The van der Waals surface area contributed by atoms with Crippen molar-refractivity contribution in [2.24, 2.45) is 11.5 Å². The average molecular weight is 409 g/mol. The Morgan fingerprint density at radius 1 is 1.04 bits per heavy atom. The molecule has 8 nitrogen and oxygen atoms in total. The summed E-state index contributed by atoms with van der Waals surface area (Å²) in [4.78, 5) is 10.5. The van der Waals surface area contributed by atoms with Gasteiger partial charge in [0.1, 0.15) is 17.3 Å². The number of benzene rings is 2. The van der Waals surface area contributed by atoms with Crippen LogP contribution in [0.5, 0.6) is 11.5 Å². The molecule has 0 aromatic heterocycles. The number of thioether (sulfide) groups is 2. The van der Waals surface area contributed by atoms with Crippen LogP contribution < -0.4 is 16.2 Å². The molecule has 0 unspecified atom stereocenters. The van der Waals surface area contributed by atoms with Crippen LogP contribution in [0.15, 0.2) is 36.4 Å². The lowest BCUT2D eigenvalue weighted by Crippen LogP contribution is -2.05. The van der Waals surface area contributed by atoms with Gasteiger partial charge in [0.05, 0.1) is 4.92 Å². The Kier molecular flexibility index (Phi) is 7.02. The minimum absolute atomic E-state index is 0.112. The third-order valence-electron chi connectivity index (χ3n) is 3.26. The molecule has 2 aromatic rings. The zero-order valence-electron chi connectivity index (χ0n) is 13.9. The summed E-state index contributed by atoms with van der Waals surface area (Å²) in [5.41, 5.74) is 11.5. The summed E-state index contributed by atoms with van der Waals surface area (Å²) < 4.78 is 19.4. The normalized spacial score (nSPS) is 10.4. The summed E-state index contributed by atoms with van der Waals surface area (Å²) in [6, 6.07) is 8.03. The van der Waals surface area contributed by atoms with E-state index in [0.717, 1.165) is 23.5 Å². The monoisotopic (exact) mass is 409 g/mol.